The molecule has 0 aromatic heterocycles. The minimum Gasteiger partial charge on any atom is -0.505 e. The second kappa shape index (κ2) is 10.1. The van der Waals surface area contributed by atoms with Crippen molar-refractivity contribution in [1.82, 2.24) is 10.2 Å². The molecule has 2 aliphatic rings. The number of nitrogens with one attached hydrogen (secondary N) is 1. The van der Waals surface area contributed by atoms with Crippen LogP contribution in [0.3, 0.4) is 0 Å². The molecule has 3 rings (SSSR count). The predicted molar refractivity (Wildman–Crippen MR) is 108 cm³/mol. The maximum atomic E-state index is 10.6. The summed E-state index contributed by atoms with van der Waals surface area (Å²) in [6.07, 6.45) is 6.43. The summed E-state index contributed by atoms with van der Waals surface area (Å²) >= 11 is 3.66. The van der Waals surface area contributed by atoms with E-state index in [9.17, 15) is 5.11 Å². The van der Waals surface area contributed by atoms with Crippen LogP contribution in [0.5, 0.6) is 5.75 Å². The van der Waals surface area contributed by atoms with Gasteiger partial charge in [0, 0.05) is 42.3 Å². The average molecular weight is 441 g/mol. The molecule has 1 aromatic carbocycles. The molecule has 1 aliphatic carbocycles. The first-order valence-corrected chi connectivity index (χ1v) is 9.19. The number of halogens is 3. The quantitative estimate of drug-likeness (QED) is 0.488. The maximum Gasteiger partial charge on any atom is 0.144 e. The van der Waals surface area contributed by atoms with Crippen molar-refractivity contribution in [1.29, 1.82) is 0 Å². The fourth-order valence-electron chi connectivity index (χ4n) is 4.01. The zero-order valence-electron chi connectivity index (χ0n) is 13.8. The minimum absolute atomic E-state index is 0. The van der Waals surface area contributed by atoms with Gasteiger partial charge in [0.1, 0.15) is 5.75 Å². The highest BCUT2D eigenvalue weighted by molar-refractivity contribution is 9.10. The van der Waals surface area contributed by atoms with E-state index in [0.717, 1.165) is 36.2 Å². The van der Waals surface area contributed by atoms with E-state index in [1.165, 1.54) is 32.1 Å². The van der Waals surface area contributed by atoms with Crippen molar-refractivity contribution in [3.63, 3.8) is 0 Å². The van der Waals surface area contributed by atoms with Gasteiger partial charge in [-0.15, -0.1) is 24.8 Å². The molecule has 0 spiro atoms. The lowest BCUT2D eigenvalue weighted by atomic mass is 9.79. The van der Waals surface area contributed by atoms with E-state index in [0.29, 0.717) is 11.6 Å². The molecule has 138 valence electrons. The van der Waals surface area contributed by atoms with Crippen LogP contribution in [-0.2, 0) is 0 Å². The SMILES string of the molecule is Cl.Cl.Nc1ccc(Br)c([C@@H](C2CCCCC2)N2CCNCC2)c1O. The van der Waals surface area contributed by atoms with E-state index in [1.54, 1.807) is 6.07 Å². The molecule has 0 unspecified atom stereocenters. The molecule has 2 fully saturated rings. The number of benzene rings is 1. The van der Waals surface area contributed by atoms with E-state index < -0.39 is 0 Å². The van der Waals surface area contributed by atoms with Crippen molar-refractivity contribution in [2.75, 3.05) is 31.9 Å². The van der Waals surface area contributed by atoms with Gasteiger partial charge in [0.2, 0.25) is 0 Å². The molecular formula is C17H28BrCl2N3O. The van der Waals surface area contributed by atoms with Crippen molar-refractivity contribution >= 4 is 46.4 Å². The lowest BCUT2D eigenvalue weighted by molar-refractivity contribution is 0.101. The van der Waals surface area contributed by atoms with Gasteiger partial charge in [0.25, 0.3) is 0 Å². The number of nitrogens with two attached hydrogens (primary N) is 1. The molecule has 0 radical (unpaired) electrons. The van der Waals surface area contributed by atoms with Crippen molar-refractivity contribution in [3.05, 3.63) is 22.2 Å². The minimum atomic E-state index is 0. The van der Waals surface area contributed by atoms with Gasteiger partial charge in [-0.1, -0.05) is 35.2 Å². The second-order valence-corrected chi connectivity index (χ2v) is 7.38. The van der Waals surface area contributed by atoms with Crippen LogP contribution in [0.1, 0.15) is 43.7 Å². The Morgan fingerprint density at radius 3 is 2.38 bits per heavy atom. The molecule has 1 saturated heterocycles. The number of phenols is 1. The summed E-state index contributed by atoms with van der Waals surface area (Å²) in [4.78, 5) is 2.53. The van der Waals surface area contributed by atoms with Crippen LogP contribution in [0, 0.1) is 5.92 Å². The Bertz CT molecular complexity index is 503. The average Bonchev–Trinajstić information content (AvgIpc) is 2.57. The first-order valence-electron chi connectivity index (χ1n) is 8.40. The molecule has 0 amide bonds. The fraction of sp³-hybridized carbons (Fsp3) is 0.647. The van der Waals surface area contributed by atoms with E-state index in [2.05, 4.69) is 26.1 Å². The maximum absolute atomic E-state index is 10.6. The lowest BCUT2D eigenvalue weighted by Crippen LogP contribution is -2.47. The topological polar surface area (TPSA) is 61.5 Å². The Hall–Kier alpha value is -0.200. The van der Waals surface area contributed by atoms with Gasteiger partial charge < -0.3 is 16.2 Å². The molecule has 1 aliphatic heterocycles. The number of anilines is 1. The normalized spacial score (nSPS) is 20.7. The van der Waals surface area contributed by atoms with E-state index >= 15 is 0 Å². The fourth-order valence-corrected chi connectivity index (χ4v) is 4.56. The van der Waals surface area contributed by atoms with Gasteiger partial charge in [-0.2, -0.15) is 0 Å². The molecular weight excluding hydrogens is 413 g/mol. The number of phenolic OH excluding ortho intramolecular Hbond substituents is 1. The molecule has 4 nitrogen and oxygen atoms in total. The number of nitrogen functional groups attached to an aromatic ring is 1. The van der Waals surface area contributed by atoms with Crippen molar-refractivity contribution in [3.8, 4) is 5.75 Å². The Kier molecular flexibility index (Phi) is 9.17. The summed E-state index contributed by atoms with van der Waals surface area (Å²) in [7, 11) is 0. The van der Waals surface area contributed by atoms with E-state index in [4.69, 9.17) is 5.73 Å². The Morgan fingerprint density at radius 1 is 1.12 bits per heavy atom. The molecule has 24 heavy (non-hydrogen) atoms. The molecule has 1 saturated carbocycles. The standard InChI is InChI=1S/C17H26BrN3O.2ClH/c18-13-6-7-14(19)17(22)15(13)16(12-4-2-1-3-5-12)21-10-8-20-9-11-21;;/h6-7,12,16,20,22H,1-5,8-11,19H2;2*1H/t16-;;/m1../s1. The molecule has 1 atom stereocenters. The number of piperazine rings is 1. The number of hydrogen-bond donors (Lipinski definition) is 3. The molecule has 1 aromatic rings. The Morgan fingerprint density at radius 2 is 1.75 bits per heavy atom. The van der Waals surface area contributed by atoms with Gasteiger partial charge in [0.15, 0.2) is 0 Å². The van der Waals surface area contributed by atoms with Crippen LogP contribution in [0.2, 0.25) is 0 Å². The third kappa shape index (κ3) is 4.70. The summed E-state index contributed by atoms with van der Waals surface area (Å²) in [5.74, 6) is 0.874. The first-order chi connectivity index (χ1) is 10.7. The van der Waals surface area contributed by atoms with Crippen LogP contribution in [0.15, 0.2) is 16.6 Å². The third-order valence-corrected chi connectivity index (χ3v) is 5.82. The van der Waals surface area contributed by atoms with Crippen molar-refractivity contribution in [2.45, 2.75) is 38.1 Å². The van der Waals surface area contributed by atoms with Crippen LogP contribution < -0.4 is 11.1 Å². The molecule has 7 heteroatoms. The monoisotopic (exact) mass is 439 g/mol. The van der Waals surface area contributed by atoms with E-state index in [-0.39, 0.29) is 36.6 Å². The second-order valence-electron chi connectivity index (χ2n) is 6.53. The molecule has 0 bridgehead atoms. The van der Waals surface area contributed by atoms with Gasteiger partial charge in [-0.25, -0.2) is 0 Å². The Labute approximate surface area is 165 Å². The first kappa shape index (κ1) is 21.8. The Balaban J connectivity index is 0.00000144. The van der Waals surface area contributed by atoms with Crippen molar-refractivity contribution < 1.29 is 5.11 Å². The van der Waals surface area contributed by atoms with E-state index in [1.807, 2.05) is 6.07 Å². The zero-order chi connectivity index (χ0) is 15.5. The number of hydrogen-bond acceptors (Lipinski definition) is 4. The van der Waals surface area contributed by atoms with Gasteiger partial charge in [0.05, 0.1) is 5.69 Å². The van der Waals surface area contributed by atoms with Crippen LogP contribution in [0.25, 0.3) is 0 Å². The summed E-state index contributed by atoms with van der Waals surface area (Å²) in [5, 5.41) is 14.0. The predicted octanol–water partition coefficient (Wildman–Crippen LogP) is 4.11. The summed E-state index contributed by atoms with van der Waals surface area (Å²) in [5.41, 5.74) is 7.46. The third-order valence-electron chi connectivity index (χ3n) is 5.13. The highest BCUT2D eigenvalue weighted by Crippen LogP contribution is 2.46. The van der Waals surface area contributed by atoms with Crippen LogP contribution in [0.4, 0.5) is 5.69 Å². The van der Waals surface area contributed by atoms with Gasteiger partial charge in [-0.3, -0.25) is 4.90 Å². The number of nitrogens with zero attached hydrogens (tertiary/aromatic N) is 1. The summed E-state index contributed by atoms with van der Waals surface area (Å²) in [6.45, 7) is 4.09. The van der Waals surface area contributed by atoms with Crippen LogP contribution in [-0.4, -0.2) is 36.2 Å². The highest BCUT2D eigenvalue weighted by atomic mass is 79.9. The largest absolute Gasteiger partial charge is 0.505 e. The summed E-state index contributed by atoms with van der Waals surface area (Å²) < 4.78 is 0.980. The molecule has 1 heterocycles. The number of aromatic hydroxyl groups is 1. The highest BCUT2D eigenvalue weighted by Gasteiger charge is 2.34. The van der Waals surface area contributed by atoms with Gasteiger partial charge in [-0.05, 0) is 30.9 Å². The lowest BCUT2D eigenvalue weighted by Gasteiger charge is -2.41. The number of rotatable bonds is 3. The zero-order valence-corrected chi connectivity index (χ0v) is 17.1. The summed E-state index contributed by atoms with van der Waals surface area (Å²) in [6, 6.07) is 4.02. The molecule has 4 N–H and O–H groups in total. The van der Waals surface area contributed by atoms with Crippen molar-refractivity contribution in [2.24, 2.45) is 5.92 Å². The smallest absolute Gasteiger partial charge is 0.144 e. The van der Waals surface area contributed by atoms with Gasteiger partial charge >= 0.3 is 0 Å². The van der Waals surface area contributed by atoms with Crippen LogP contribution >= 0.6 is 40.7 Å².